The summed E-state index contributed by atoms with van der Waals surface area (Å²) < 4.78 is 9.53. The van der Waals surface area contributed by atoms with E-state index in [2.05, 4.69) is 0 Å². The Hall–Kier alpha value is -1.84. The molecule has 0 saturated carbocycles. The van der Waals surface area contributed by atoms with Gasteiger partial charge in [0.25, 0.3) is 0 Å². The van der Waals surface area contributed by atoms with Crippen molar-refractivity contribution in [2.24, 2.45) is 0 Å². The van der Waals surface area contributed by atoms with Crippen LogP contribution >= 0.6 is 0 Å². The second-order valence-electron chi connectivity index (χ2n) is 3.16. The molecule has 0 aliphatic rings. The van der Waals surface area contributed by atoms with Crippen LogP contribution in [0.4, 0.5) is 0 Å². The van der Waals surface area contributed by atoms with E-state index < -0.39 is 11.9 Å². The molecule has 0 heterocycles. The quantitative estimate of drug-likeness (QED) is 0.713. The van der Waals surface area contributed by atoms with Gasteiger partial charge in [-0.2, -0.15) is 0 Å². The highest BCUT2D eigenvalue weighted by atomic mass is 16.6. The molecule has 1 aromatic carbocycles. The van der Waals surface area contributed by atoms with Crippen LogP contribution in [0.5, 0.6) is 0 Å². The zero-order valence-electron chi connectivity index (χ0n) is 9.14. The molecule has 86 valence electrons. The van der Waals surface area contributed by atoms with Gasteiger partial charge < -0.3 is 9.47 Å². The average Bonchev–Trinajstić information content (AvgIpc) is 2.34. The normalized spacial score (nSPS) is 9.56. The third-order valence-electron chi connectivity index (χ3n) is 1.80. The minimum absolute atomic E-state index is 0.340. The minimum atomic E-state index is -0.522. The fourth-order valence-electron chi connectivity index (χ4n) is 1.04. The maximum Gasteiger partial charge on any atom is 0.344 e. The van der Waals surface area contributed by atoms with E-state index in [4.69, 9.17) is 9.47 Å². The van der Waals surface area contributed by atoms with E-state index in [1.54, 1.807) is 30.3 Å². The molecule has 0 radical (unpaired) electrons. The fourth-order valence-corrected chi connectivity index (χ4v) is 1.04. The molecular weight excluding hydrogens is 208 g/mol. The van der Waals surface area contributed by atoms with Crippen LogP contribution in [0.2, 0.25) is 0 Å². The van der Waals surface area contributed by atoms with Crippen LogP contribution in [0.1, 0.15) is 23.7 Å². The summed E-state index contributed by atoms with van der Waals surface area (Å²) in [6.07, 6.45) is 0.748. The summed E-state index contributed by atoms with van der Waals surface area (Å²) in [5, 5.41) is 0. The maximum absolute atomic E-state index is 11.4. The number of carbonyl (C=O) groups excluding carboxylic acids is 2. The topological polar surface area (TPSA) is 52.6 Å². The lowest BCUT2D eigenvalue weighted by Gasteiger charge is -2.04. The SMILES string of the molecule is CCCOC(=O)COC(=O)c1ccccc1. The van der Waals surface area contributed by atoms with Crippen LogP contribution < -0.4 is 0 Å². The van der Waals surface area contributed by atoms with Gasteiger partial charge in [-0.15, -0.1) is 0 Å². The summed E-state index contributed by atoms with van der Waals surface area (Å²) in [4.78, 5) is 22.4. The predicted octanol–water partition coefficient (Wildman–Crippen LogP) is 1.80. The van der Waals surface area contributed by atoms with Crippen LogP contribution in [0, 0.1) is 0 Å². The van der Waals surface area contributed by atoms with E-state index in [0.29, 0.717) is 12.2 Å². The molecule has 0 spiro atoms. The lowest BCUT2D eigenvalue weighted by atomic mass is 10.2. The van der Waals surface area contributed by atoms with Gasteiger partial charge in [0.15, 0.2) is 6.61 Å². The number of hydrogen-bond acceptors (Lipinski definition) is 4. The largest absolute Gasteiger partial charge is 0.463 e. The van der Waals surface area contributed by atoms with Crippen molar-refractivity contribution in [3.05, 3.63) is 35.9 Å². The third kappa shape index (κ3) is 4.13. The third-order valence-corrected chi connectivity index (χ3v) is 1.80. The van der Waals surface area contributed by atoms with Crippen molar-refractivity contribution in [2.75, 3.05) is 13.2 Å². The van der Waals surface area contributed by atoms with Gasteiger partial charge in [-0.25, -0.2) is 9.59 Å². The van der Waals surface area contributed by atoms with Crippen molar-refractivity contribution in [1.82, 2.24) is 0 Å². The van der Waals surface area contributed by atoms with Gasteiger partial charge in [0.2, 0.25) is 0 Å². The zero-order chi connectivity index (χ0) is 11.8. The van der Waals surface area contributed by atoms with Gasteiger partial charge in [0.1, 0.15) is 0 Å². The molecule has 4 heteroatoms. The van der Waals surface area contributed by atoms with Crippen molar-refractivity contribution in [1.29, 1.82) is 0 Å². The molecule has 0 N–H and O–H groups in total. The number of ether oxygens (including phenoxy) is 2. The first-order valence-corrected chi connectivity index (χ1v) is 5.12. The predicted molar refractivity (Wildman–Crippen MR) is 58.0 cm³/mol. The van der Waals surface area contributed by atoms with Crippen molar-refractivity contribution < 1.29 is 19.1 Å². The number of benzene rings is 1. The Morgan fingerprint density at radius 2 is 1.81 bits per heavy atom. The van der Waals surface area contributed by atoms with E-state index in [1.807, 2.05) is 6.92 Å². The summed E-state index contributed by atoms with van der Waals surface area (Å²) in [6, 6.07) is 8.50. The molecule has 0 fully saturated rings. The average molecular weight is 222 g/mol. The second-order valence-corrected chi connectivity index (χ2v) is 3.16. The van der Waals surface area contributed by atoms with Gasteiger partial charge in [-0.05, 0) is 18.6 Å². The number of carbonyl (C=O) groups is 2. The van der Waals surface area contributed by atoms with E-state index in [1.165, 1.54) is 0 Å². The molecular formula is C12H14O4. The zero-order valence-corrected chi connectivity index (χ0v) is 9.14. The van der Waals surface area contributed by atoms with Crippen LogP contribution in [-0.2, 0) is 14.3 Å². The van der Waals surface area contributed by atoms with Crippen molar-refractivity contribution in [2.45, 2.75) is 13.3 Å². The fraction of sp³-hybridized carbons (Fsp3) is 0.333. The first-order chi connectivity index (χ1) is 7.74. The van der Waals surface area contributed by atoms with E-state index in [-0.39, 0.29) is 6.61 Å². The Morgan fingerprint density at radius 3 is 2.44 bits per heavy atom. The Morgan fingerprint density at radius 1 is 1.12 bits per heavy atom. The van der Waals surface area contributed by atoms with Gasteiger partial charge in [0.05, 0.1) is 12.2 Å². The van der Waals surface area contributed by atoms with Gasteiger partial charge in [-0.3, -0.25) is 0 Å². The molecule has 4 nitrogen and oxygen atoms in total. The molecule has 0 amide bonds. The van der Waals surface area contributed by atoms with Gasteiger partial charge >= 0.3 is 11.9 Å². The molecule has 0 bridgehead atoms. The minimum Gasteiger partial charge on any atom is -0.463 e. The van der Waals surface area contributed by atoms with Crippen molar-refractivity contribution in [3.63, 3.8) is 0 Å². The molecule has 0 aromatic heterocycles. The van der Waals surface area contributed by atoms with E-state index in [9.17, 15) is 9.59 Å². The van der Waals surface area contributed by atoms with Gasteiger partial charge in [0, 0.05) is 0 Å². The van der Waals surface area contributed by atoms with E-state index >= 15 is 0 Å². The van der Waals surface area contributed by atoms with Crippen LogP contribution in [0.15, 0.2) is 30.3 Å². The number of esters is 2. The molecule has 16 heavy (non-hydrogen) atoms. The smallest absolute Gasteiger partial charge is 0.344 e. The number of rotatable bonds is 5. The molecule has 0 atom stereocenters. The lowest BCUT2D eigenvalue weighted by molar-refractivity contribution is -0.147. The highest BCUT2D eigenvalue weighted by Crippen LogP contribution is 2.00. The molecule has 1 rings (SSSR count). The summed E-state index contributed by atoms with van der Waals surface area (Å²) >= 11 is 0. The maximum atomic E-state index is 11.4. The molecule has 0 aliphatic carbocycles. The highest BCUT2D eigenvalue weighted by Gasteiger charge is 2.09. The Balaban J connectivity index is 2.33. The second kappa shape index (κ2) is 6.61. The first kappa shape index (κ1) is 12.2. The summed E-state index contributed by atoms with van der Waals surface area (Å²) in [6.45, 7) is 1.90. The summed E-state index contributed by atoms with van der Waals surface area (Å²) in [5.74, 6) is -1.04. The van der Waals surface area contributed by atoms with Crippen molar-refractivity contribution in [3.8, 4) is 0 Å². The molecule has 0 saturated heterocycles. The monoisotopic (exact) mass is 222 g/mol. The Bertz CT molecular complexity index is 345. The first-order valence-electron chi connectivity index (χ1n) is 5.12. The number of hydrogen-bond donors (Lipinski definition) is 0. The Labute approximate surface area is 94.2 Å². The summed E-state index contributed by atoms with van der Waals surface area (Å²) in [7, 11) is 0. The standard InChI is InChI=1S/C12H14O4/c1-2-8-15-11(13)9-16-12(14)10-6-4-3-5-7-10/h3-7H,2,8-9H2,1H3. The van der Waals surface area contributed by atoms with Crippen LogP contribution in [0.3, 0.4) is 0 Å². The van der Waals surface area contributed by atoms with Crippen LogP contribution in [-0.4, -0.2) is 25.2 Å². The van der Waals surface area contributed by atoms with Crippen LogP contribution in [0.25, 0.3) is 0 Å². The van der Waals surface area contributed by atoms with Crippen molar-refractivity contribution >= 4 is 11.9 Å². The Kier molecular flexibility index (Phi) is 5.05. The molecule has 0 aliphatic heterocycles. The molecule has 1 aromatic rings. The highest BCUT2D eigenvalue weighted by molar-refractivity contribution is 5.90. The van der Waals surface area contributed by atoms with Gasteiger partial charge in [-0.1, -0.05) is 25.1 Å². The summed E-state index contributed by atoms with van der Waals surface area (Å²) in [5.41, 5.74) is 0.422. The lowest BCUT2D eigenvalue weighted by Crippen LogP contribution is -2.16. The molecule has 0 unspecified atom stereocenters. The van der Waals surface area contributed by atoms with E-state index in [0.717, 1.165) is 6.42 Å².